The first-order valence-corrected chi connectivity index (χ1v) is 4.34. The van der Waals surface area contributed by atoms with Crippen LogP contribution in [0.25, 0.3) is 6.08 Å². The SMILES string of the molecule is O=CC=Cc1ccc2c(c1)NC(=O)C2. The zero-order chi connectivity index (χ0) is 9.97. The zero-order valence-corrected chi connectivity index (χ0v) is 7.49. The van der Waals surface area contributed by atoms with Gasteiger partial charge in [0.25, 0.3) is 0 Å². The van der Waals surface area contributed by atoms with Crippen molar-refractivity contribution in [1.29, 1.82) is 0 Å². The lowest BCUT2D eigenvalue weighted by molar-refractivity contribution is -0.115. The Labute approximate surface area is 81.4 Å². The van der Waals surface area contributed by atoms with E-state index in [4.69, 9.17) is 0 Å². The number of carbonyl (C=O) groups is 2. The molecule has 0 fully saturated rings. The normalized spacial score (nSPS) is 14.1. The first-order chi connectivity index (χ1) is 6.79. The third kappa shape index (κ3) is 1.57. The van der Waals surface area contributed by atoms with Crippen LogP contribution in [0.1, 0.15) is 11.1 Å². The van der Waals surface area contributed by atoms with E-state index in [1.165, 1.54) is 6.08 Å². The van der Waals surface area contributed by atoms with Gasteiger partial charge in [0.05, 0.1) is 6.42 Å². The van der Waals surface area contributed by atoms with Crippen molar-refractivity contribution in [3.05, 3.63) is 35.4 Å². The maximum atomic E-state index is 11.0. The Morgan fingerprint density at radius 1 is 1.36 bits per heavy atom. The maximum absolute atomic E-state index is 11.0. The van der Waals surface area contributed by atoms with E-state index in [0.29, 0.717) is 6.42 Å². The summed E-state index contributed by atoms with van der Waals surface area (Å²) in [5.41, 5.74) is 2.78. The van der Waals surface area contributed by atoms with E-state index in [1.807, 2.05) is 18.2 Å². The molecule has 1 aliphatic heterocycles. The van der Waals surface area contributed by atoms with Gasteiger partial charge in [-0.1, -0.05) is 18.2 Å². The number of aldehydes is 1. The number of nitrogens with one attached hydrogen (secondary N) is 1. The van der Waals surface area contributed by atoms with Crippen LogP contribution < -0.4 is 5.32 Å². The molecule has 1 aliphatic rings. The van der Waals surface area contributed by atoms with Crippen LogP contribution in [-0.2, 0) is 16.0 Å². The smallest absolute Gasteiger partial charge is 0.228 e. The van der Waals surface area contributed by atoms with Crippen LogP contribution in [0.2, 0.25) is 0 Å². The van der Waals surface area contributed by atoms with Crippen molar-refractivity contribution >= 4 is 24.0 Å². The van der Waals surface area contributed by atoms with Gasteiger partial charge in [0.1, 0.15) is 6.29 Å². The second-order valence-corrected chi connectivity index (χ2v) is 3.14. The molecule has 14 heavy (non-hydrogen) atoms. The fourth-order valence-corrected chi connectivity index (χ4v) is 1.49. The third-order valence-corrected chi connectivity index (χ3v) is 2.13. The molecular weight excluding hydrogens is 178 g/mol. The molecule has 0 saturated carbocycles. The molecule has 2 rings (SSSR count). The fourth-order valence-electron chi connectivity index (χ4n) is 1.49. The van der Waals surface area contributed by atoms with Gasteiger partial charge in [-0.05, 0) is 23.3 Å². The molecule has 0 aromatic heterocycles. The van der Waals surface area contributed by atoms with Gasteiger partial charge < -0.3 is 5.32 Å². The Hall–Kier alpha value is -1.90. The number of amides is 1. The summed E-state index contributed by atoms with van der Waals surface area (Å²) in [5.74, 6) is 0.0246. The Balaban J connectivity index is 2.32. The number of anilines is 1. The summed E-state index contributed by atoms with van der Waals surface area (Å²) in [4.78, 5) is 21.1. The number of hydrogen-bond acceptors (Lipinski definition) is 2. The van der Waals surface area contributed by atoms with E-state index >= 15 is 0 Å². The highest BCUT2D eigenvalue weighted by molar-refractivity contribution is 5.99. The molecule has 0 spiro atoms. The number of rotatable bonds is 2. The maximum Gasteiger partial charge on any atom is 0.228 e. The van der Waals surface area contributed by atoms with E-state index in [-0.39, 0.29) is 5.91 Å². The lowest BCUT2D eigenvalue weighted by Crippen LogP contribution is -2.03. The van der Waals surface area contributed by atoms with Gasteiger partial charge in [0, 0.05) is 5.69 Å². The minimum atomic E-state index is 0.0246. The van der Waals surface area contributed by atoms with Gasteiger partial charge >= 0.3 is 0 Å². The predicted octanol–water partition coefficient (Wildman–Crippen LogP) is 1.39. The van der Waals surface area contributed by atoms with Crippen molar-refractivity contribution < 1.29 is 9.59 Å². The van der Waals surface area contributed by atoms with Crippen molar-refractivity contribution in [2.24, 2.45) is 0 Å². The molecule has 0 aliphatic carbocycles. The van der Waals surface area contributed by atoms with Gasteiger partial charge in [0.15, 0.2) is 0 Å². The van der Waals surface area contributed by atoms with E-state index in [9.17, 15) is 9.59 Å². The van der Waals surface area contributed by atoms with E-state index in [0.717, 1.165) is 23.1 Å². The summed E-state index contributed by atoms with van der Waals surface area (Å²) in [6, 6.07) is 5.65. The van der Waals surface area contributed by atoms with E-state index in [2.05, 4.69) is 5.32 Å². The number of carbonyl (C=O) groups excluding carboxylic acids is 2. The molecular formula is C11H9NO2. The van der Waals surface area contributed by atoms with Crippen LogP contribution in [0.15, 0.2) is 24.3 Å². The minimum Gasteiger partial charge on any atom is -0.326 e. The molecule has 0 radical (unpaired) electrons. The third-order valence-electron chi connectivity index (χ3n) is 2.13. The molecule has 1 N–H and O–H groups in total. The molecule has 1 amide bonds. The number of hydrogen-bond donors (Lipinski definition) is 1. The highest BCUT2D eigenvalue weighted by Crippen LogP contribution is 2.24. The van der Waals surface area contributed by atoms with Gasteiger partial charge in [-0.15, -0.1) is 0 Å². The van der Waals surface area contributed by atoms with Crippen LogP contribution in [0.3, 0.4) is 0 Å². The monoisotopic (exact) mass is 187 g/mol. The summed E-state index contributed by atoms with van der Waals surface area (Å²) in [6.45, 7) is 0. The average Bonchev–Trinajstić information content (AvgIpc) is 2.54. The second kappa shape index (κ2) is 3.46. The molecule has 0 bridgehead atoms. The van der Waals surface area contributed by atoms with Crippen LogP contribution in [0, 0.1) is 0 Å². The van der Waals surface area contributed by atoms with Crippen molar-refractivity contribution in [2.45, 2.75) is 6.42 Å². The molecule has 1 aromatic rings. The Kier molecular flexibility index (Phi) is 2.14. The van der Waals surface area contributed by atoms with Crippen LogP contribution in [0.5, 0.6) is 0 Å². The Bertz CT molecular complexity index is 421. The molecule has 0 saturated heterocycles. The summed E-state index contributed by atoms with van der Waals surface area (Å²) in [7, 11) is 0. The lowest BCUT2D eigenvalue weighted by atomic mass is 10.1. The van der Waals surface area contributed by atoms with Crippen molar-refractivity contribution in [3.63, 3.8) is 0 Å². The lowest BCUT2D eigenvalue weighted by Gasteiger charge is -1.99. The molecule has 1 aromatic carbocycles. The van der Waals surface area contributed by atoms with Gasteiger partial charge in [-0.3, -0.25) is 9.59 Å². The molecule has 3 heteroatoms. The first-order valence-electron chi connectivity index (χ1n) is 4.34. The largest absolute Gasteiger partial charge is 0.326 e. The molecule has 70 valence electrons. The van der Waals surface area contributed by atoms with Crippen LogP contribution >= 0.6 is 0 Å². The molecule has 0 atom stereocenters. The van der Waals surface area contributed by atoms with Crippen LogP contribution in [-0.4, -0.2) is 12.2 Å². The van der Waals surface area contributed by atoms with Gasteiger partial charge in [0.2, 0.25) is 5.91 Å². The predicted molar refractivity (Wildman–Crippen MR) is 53.9 cm³/mol. The van der Waals surface area contributed by atoms with Crippen LogP contribution in [0.4, 0.5) is 5.69 Å². The van der Waals surface area contributed by atoms with Gasteiger partial charge in [-0.25, -0.2) is 0 Å². The second-order valence-electron chi connectivity index (χ2n) is 3.14. The fraction of sp³-hybridized carbons (Fsp3) is 0.0909. The van der Waals surface area contributed by atoms with Gasteiger partial charge in [-0.2, -0.15) is 0 Å². The molecule has 0 unspecified atom stereocenters. The Morgan fingerprint density at radius 2 is 2.21 bits per heavy atom. The standard InChI is InChI=1S/C11H9NO2/c13-5-1-2-8-3-4-9-7-11(14)12-10(9)6-8/h1-6H,7H2,(H,12,14). The van der Waals surface area contributed by atoms with Crippen molar-refractivity contribution in [1.82, 2.24) is 0 Å². The number of fused-ring (bicyclic) bond motifs is 1. The highest BCUT2D eigenvalue weighted by atomic mass is 16.1. The summed E-state index contributed by atoms with van der Waals surface area (Å²) in [6.07, 6.45) is 4.31. The topological polar surface area (TPSA) is 46.2 Å². The minimum absolute atomic E-state index is 0.0246. The summed E-state index contributed by atoms with van der Waals surface area (Å²) < 4.78 is 0. The van der Waals surface area contributed by atoms with E-state index in [1.54, 1.807) is 6.08 Å². The van der Waals surface area contributed by atoms with Crippen molar-refractivity contribution in [2.75, 3.05) is 5.32 Å². The average molecular weight is 187 g/mol. The summed E-state index contributed by atoms with van der Waals surface area (Å²) in [5, 5.41) is 2.75. The van der Waals surface area contributed by atoms with Crippen molar-refractivity contribution in [3.8, 4) is 0 Å². The molecule has 3 nitrogen and oxygen atoms in total. The number of allylic oxidation sites excluding steroid dienone is 1. The quantitative estimate of drug-likeness (QED) is 0.561. The molecule has 1 heterocycles. The zero-order valence-electron chi connectivity index (χ0n) is 7.49. The first kappa shape index (κ1) is 8.69. The summed E-state index contributed by atoms with van der Waals surface area (Å²) >= 11 is 0. The highest BCUT2D eigenvalue weighted by Gasteiger charge is 2.16. The number of benzene rings is 1. The Morgan fingerprint density at radius 3 is 3.00 bits per heavy atom. The van der Waals surface area contributed by atoms with E-state index < -0.39 is 0 Å².